The van der Waals surface area contributed by atoms with Crippen LogP contribution < -0.4 is 0 Å². The predicted molar refractivity (Wildman–Crippen MR) is 81.8 cm³/mol. The van der Waals surface area contributed by atoms with Crippen molar-refractivity contribution in [2.45, 2.75) is 32.1 Å². The molecule has 1 unspecified atom stereocenters. The van der Waals surface area contributed by atoms with E-state index in [1.165, 1.54) is 0 Å². The van der Waals surface area contributed by atoms with Crippen LogP contribution in [0.1, 0.15) is 42.5 Å². The zero-order chi connectivity index (χ0) is 14.4. The van der Waals surface area contributed by atoms with Gasteiger partial charge in [-0.1, -0.05) is 61.3 Å². The second-order valence-corrected chi connectivity index (χ2v) is 5.14. The van der Waals surface area contributed by atoms with Crippen LogP contribution in [-0.4, -0.2) is 4.98 Å². The molecule has 0 aliphatic heterocycles. The average molecular weight is 285 g/mol. The van der Waals surface area contributed by atoms with Crippen molar-refractivity contribution in [3.8, 4) is 6.07 Å². The Hall–Kier alpha value is -1.85. The lowest BCUT2D eigenvalue weighted by atomic mass is 9.92. The Balaban J connectivity index is 2.43. The fourth-order valence-corrected chi connectivity index (χ4v) is 2.40. The van der Waals surface area contributed by atoms with Crippen LogP contribution in [0.5, 0.6) is 0 Å². The monoisotopic (exact) mass is 284 g/mol. The molecule has 2 rings (SSSR count). The third-order valence-electron chi connectivity index (χ3n) is 3.31. The molecule has 102 valence electrons. The summed E-state index contributed by atoms with van der Waals surface area (Å²) >= 11 is 6.02. The molecule has 0 saturated carbocycles. The summed E-state index contributed by atoms with van der Waals surface area (Å²) in [6, 6.07) is 15.9. The molecular formula is C17H17ClN2. The van der Waals surface area contributed by atoms with Gasteiger partial charge in [-0.3, -0.25) is 0 Å². The molecule has 0 fully saturated rings. The molecule has 0 aliphatic carbocycles. The number of hydrogen-bond acceptors (Lipinski definition) is 2. The van der Waals surface area contributed by atoms with Gasteiger partial charge in [0.25, 0.3) is 0 Å². The molecule has 20 heavy (non-hydrogen) atoms. The van der Waals surface area contributed by atoms with Gasteiger partial charge in [-0.25, -0.2) is 4.98 Å². The molecule has 0 amide bonds. The quantitative estimate of drug-likeness (QED) is 0.744. The number of rotatable bonds is 5. The Morgan fingerprint density at radius 3 is 2.60 bits per heavy atom. The van der Waals surface area contributed by atoms with Crippen LogP contribution in [0.25, 0.3) is 0 Å². The Morgan fingerprint density at radius 2 is 1.95 bits per heavy atom. The van der Waals surface area contributed by atoms with E-state index in [9.17, 15) is 5.26 Å². The molecule has 0 radical (unpaired) electrons. The third kappa shape index (κ3) is 3.37. The largest absolute Gasteiger partial charge is 0.239 e. The predicted octanol–water partition coefficient (Wildman–Crippen LogP) is 4.73. The molecule has 0 aliphatic rings. The molecule has 1 heterocycles. The smallest absolute Gasteiger partial charge is 0.129 e. The Bertz CT molecular complexity index is 602. The highest BCUT2D eigenvalue weighted by atomic mass is 35.5. The molecule has 0 bridgehead atoms. The molecule has 0 saturated heterocycles. The van der Waals surface area contributed by atoms with Crippen molar-refractivity contribution in [1.82, 2.24) is 4.98 Å². The second kappa shape index (κ2) is 7.07. The molecular weight excluding hydrogens is 268 g/mol. The van der Waals surface area contributed by atoms with E-state index in [1.807, 2.05) is 36.4 Å². The van der Waals surface area contributed by atoms with Gasteiger partial charge in [0.2, 0.25) is 0 Å². The van der Waals surface area contributed by atoms with Crippen LogP contribution in [0, 0.1) is 11.3 Å². The zero-order valence-electron chi connectivity index (χ0n) is 11.5. The Kier molecular flexibility index (Phi) is 5.15. The standard InChI is InChI=1S/C17H17ClN2/c1-2-3-7-14-10-11-16(18)20-17(14)15(12-19)13-8-5-4-6-9-13/h4-6,8-11,15H,2-3,7H2,1H3. The van der Waals surface area contributed by atoms with E-state index in [2.05, 4.69) is 18.0 Å². The van der Waals surface area contributed by atoms with E-state index >= 15 is 0 Å². The number of aromatic nitrogens is 1. The van der Waals surface area contributed by atoms with E-state index in [-0.39, 0.29) is 5.92 Å². The maximum absolute atomic E-state index is 9.54. The number of unbranched alkanes of at least 4 members (excludes halogenated alkanes) is 1. The van der Waals surface area contributed by atoms with Gasteiger partial charge >= 0.3 is 0 Å². The minimum Gasteiger partial charge on any atom is -0.239 e. The van der Waals surface area contributed by atoms with Crippen molar-refractivity contribution < 1.29 is 0 Å². The highest BCUT2D eigenvalue weighted by molar-refractivity contribution is 6.29. The molecule has 2 nitrogen and oxygen atoms in total. The number of aryl methyl sites for hydroxylation is 1. The first-order chi connectivity index (χ1) is 9.76. The molecule has 1 aromatic carbocycles. The van der Waals surface area contributed by atoms with Gasteiger partial charge < -0.3 is 0 Å². The Labute approximate surface area is 125 Å². The number of nitriles is 1. The van der Waals surface area contributed by atoms with Gasteiger partial charge in [0, 0.05) is 0 Å². The number of pyridine rings is 1. The van der Waals surface area contributed by atoms with Crippen molar-refractivity contribution in [3.63, 3.8) is 0 Å². The third-order valence-corrected chi connectivity index (χ3v) is 3.52. The second-order valence-electron chi connectivity index (χ2n) is 4.75. The maximum atomic E-state index is 9.54. The van der Waals surface area contributed by atoms with Gasteiger partial charge in [0.05, 0.1) is 11.8 Å². The first-order valence-electron chi connectivity index (χ1n) is 6.86. The minimum absolute atomic E-state index is 0.359. The molecule has 1 atom stereocenters. The van der Waals surface area contributed by atoms with Crippen molar-refractivity contribution >= 4 is 11.6 Å². The van der Waals surface area contributed by atoms with Gasteiger partial charge in [-0.2, -0.15) is 5.26 Å². The first kappa shape index (κ1) is 14.6. The summed E-state index contributed by atoms with van der Waals surface area (Å²) < 4.78 is 0. The van der Waals surface area contributed by atoms with Crippen LogP contribution >= 0.6 is 11.6 Å². The molecule has 1 aromatic heterocycles. The summed E-state index contributed by atoms with van der Waals surface area (Å²) in [6.07, 6.45) is 3.13. The number of benzene rings is 1. The lowest BCUT2D eigenvalue weighted by Crippen LogP contribution is -2.06. The van der Waals surface area contributed by atoms with Gasteiger partial charge in [-0.05, 0) is 30.0 Å². The van der Waals surface area contributed by atoms with E-state index < -0.39 is 0 Å². The summed E-state index contributed by atoms with van der Waals surface area (Å²) in [4.78, 5) is 4.42. The van der Waals surface area contributed by atoms with E-state index in [0.29, 0.717) is 5.15 Å². The van der Waals surface area contributed by atoms with E-state index in [1.54, 1.807) is 6.07 Å². The fourth-order valence-electron chi connectivity index (χ4n) is 2.25. The summed E-state index contributed by atoms with van der Waals surface area (Å²) in [7, 11) is 0. The van der Waals surface area contributed by atoms with E-state index in [4.69, 9.17) is 11.6 Å². The Morgan fingerprint density at radius 1 is 1.20 bits per heavy atom. The van der Waals surface area contributed by atoms with Crippen molar-refractivity contribution in [3.05, 3.63) is 64.4 Å². The van der Waals surface area contributed by atoms with Crippen LogP contribution in [0.2, 0.25) is 5.15 Å². The topological polar surface area (TPSA) is 36.7 Å². The number of hydrogen-bond donors (Lipinski definition) is 0. The van der Waals surface area contributed by atoms with Crippen LogP contribution in [-0.2, 0) is 6.42 Å². The highest BCUT2D eigenvalue weighted by Gasteiger charge is 2.18. The van der Waals surface area contributed by atoms with Gasteiger partial charge in [0.15, 0.2) is 0 Å². The number of halogens is 1. The molecule has 0 N–H and O–H groups in total. The zero-order valence-corrected chi connectivity index (χ0v) is 12.3. The normalized spacial score (nSPS) is 11.8. The first-order valence-corrected chi connectivity index (χ1v) is 7.24. The summed E-state index contributed by atoms with van der Waals surface area (Å²) in [5.74, 6) is -0.359. The molecule has 2 aromatic rings. The van der Waals surface area contributed by atoms with Crippen LogP contribution in [0.3, 0.4) is 0 Å². The average Bonchev–Trinajstić information content (AvgIpc) is 2.48. The lowest BCUT2D eigenvalue weighted by Gasteiger charge is -2.14. The molecule has 3 heteroatoms. The molecule has 0 spiro atoms. The van der Waals surface area contributed by atoms with Crippen molar-refractivity contribution in [2.75, 3.05) is 0 Å². The van der Waals surface area contributed by atoms with E-state index in [0.717, 1.165) is 36.1 Å². The highest BCUT2D eigenvalue weighted by Crippen LogP contribution is 2.27. The summed E-state index contributed by atoms with van der Waals surface area (Å²) in [6.45, 7) is 2.15. The van der Waals surface area contributed by atoms with Crippen molar-refractivity contribution in [2.24, 2.45) is 0 Å². The lowest BCUT2D eigenvalue weighted by molar-refractivity contribution is 0.775. The summed E-state index contributed by atoms with van der Waals surface area (Å²) in [5, 5.41) is 9.98. The summed E-state index contributed by atoms with van der Waals surface area (Å²) in [5.41, 5.74) is 2.87. The minimum atomic E-state index is -0.359. The maximum Gasteiger partial charge on any atom is 0.129 e. The van der Waals surface area contributed by atoms with Gasteiger partial charge in [-0.15, -0.1) is 0 Å². The SMILES string of the molecule is CCCCc1ccc(Cl)nc1C(C#N)c1ccccc1. The van der Waals surface area contributed by atoms with Crippen LogP contribution in [0.4, 0.5) is 0 Å². The number of nitrogens with zero attached hydrogens (tertiary/aromatic N) is 2. The van der Waals surface area contributed by atoms with Crippen LogP contribution in [0.15, 0.2) is 42.5 Å². The van der Waals surface area contributed by atoms with Gasteiger partial charge in [0.1, 0.15) is 11.1 Å². The fraction of sp³-hybridized carbons (Fsp3) is 0.294. The van der Waals surface area contributed by atoms with Crippen molar-refractivity contribution in [1.29, 1.82) is 5.26 Å².